The molecular formula is C20H21NO3. The number of aromatic hydroxyl groups is 2. The first-order valence-corrected chi connectivity index (χ1v) is 7.59. The Bertz CT molecular complexity index is 671. The number of rotatable bonds is 4. The first-order valence-electron chi connectivity index (χ1n) is 7.59. The van der Waals surface area contributed by atoms with Crippen LogP contribution in [-0.2, 0) is 18.0 Å². The van der Waals surface area contributed by atoms with Crippen LogP contribution in [0.15, 0.2) is 78.9 Å². The van der Waals surface area contributed by atoms with Crippen molar-refractivity contribution in [2.75, 3.05) is 5.73 Å². The maximum absolute atomic E-state index is 8.83. The van der Waals surface area contributed by atoms with Gasteiger partial charge in [-0.2, -0.15) is 0 Å². The third-order valence-electron chi connectivity index (χ3n) is 3.27. The molecule has 0 bridgehead atoms. The molecule has 0 aliphatic heterocycles. The smallest absolute Gasteiger partial charge is 0.180 e. The van der Waals surface area contributed by atoms with Gasteiger partial charge in [0.2, 0.25) is 0 Å². The van der Waals surface area contributed by atoms with Crippen molar-refractivity contribution >= 4 is 5.69 Å². The fraction of sp³-hybridized carbons (Fsp3) is 0.100. The molecule has 3 aromatic carbocycles. The number of hydrogen-bond acceptors (Lipinski definition) is 4. The van der Waals surface area contributed by atoms with Crippen molar-refractivity contribution in [1.82, 2.24) is 0 Å². The zero-order valence-corrected chi connectivity index (χ0v) is 13.3. The standard InChI is InChI=1S/C14H14O.C6H7NO2/c1-3-7-13(8-4-1)11-15-12-14-9-5-2-6-10-14;7-4-2-1-3-5(8)6(4)9/h1-10H,11-12H2;1-3,8-9H,7H2. The summed E-state index contributed by atoms with van der Waals surface area (Å²) in [5.74, 6) is -0.437. The number of benzene rings is 3. The lowest BCUT2D eigenvalue weighted by Crippen LogP contribution is -1.93. The van der Waals surface area contributed by atoms with Gasteiger partial charge in [0.15, 0.2) is 11.5 Å². The third-order valence-corrected chi connectivity index (χ3v) is 3.27. The Morgan fingerprint density at radius 2 is 1.17 bits per heavy atom. The summed E-state index contributed by atoms with van der Waals surface area (Å²) in [6, 6.07) is 24.9. The number of hydrogen-bond donors (Lipinski definition) is 3. The zero-order chi connectivity index (χ0) is 17.2. The summed E-state index contributed by atoms with van der Waals surface area (Å²) < 4.78 is 5.61. The normalized spacial score (nSPS) is 9.83. The Hall–Kier alpha value is -2.98. The van der Waals surface area contributed by atoms with Gasteiger partial charge in [0, 0.05) is 0 Å². The minimum absolute atomic E-state index is 0.185. The van der Waals surface area contributed by atoms with Crippen LogP contribution in [0.5, 0.6) is 11.5 Å². The molecule has 0 atom stereocenters. The third kappa shape index (κ3) is 5.66. The average molecular weight is 323 g/mol. The molecule has 0 fully saturated rings. The molecule has 4 heteroatoms. The largest absolute Gasteiger partial charge is 0.504 e. The number of nitrogens with two attached hydrogens (primary N) is 1. The second kappa shape index (κ2) is 9.22. The van der Waals surface area contributed by atoms with Crippen molar-refractivity contribution in [1.29, 1.82) is 0 Å². The van der Waals surface area contributed by atoms with Gasteiger partial charge in [0.1, 0.15) is 0 Å². The van der Waals surface area contributed by atoms with Gasteiger partial charge in [0.05, 0.1) is 18.9 Å². The molecule has 0 unspecified atom stereocenters. The van der Waals surface area contributed by atoms with Crippen LogP contribution in [0.3, 0.4) is 0 Å². The van der Waals surface area contributed by atoms with Gasteiger partial charge in [-0.1, -0.05) is 66.7 Å². The number of nitrogen functional groups attached to an aromatic ring is 1. The number of ether oxygens (including phenoxy) is 1. The summed E-state index contributed by atoms with van der Waals surface area (Å²) in [6.07, 6.45) is 0. The van der Waals surface area contributed by atoms with Crippen LogP contribution < -0.4 is 5.73 Å². The SMILES string of the molecule is Nc1cccc(O)c1O.c1ccc(COCc2ccccc2)cc1. The first kappa shape index (κ1) is 17.4. The highest BCUT2D eigenvalue weighted by molar-refractivity contribution is 5.58. The van der Waals surface area contributed by atoms with Crippen molar-refractivity contribution in [2.24, 2.45) is 0 Å². The molecule has 0 saturated carbocycles. The fourth-order valence-corrected chi connectivity index (χ4v) is 1.98. The van der Waals surface area contributed by atoms with Crippen molar-refractivity contribution in [3.05, 3.63) is 90.0 Å². The Kier molecular flexibility index (Phi) is 6.68. The number of phenols is 2. The second-order valence-corrected chi connectivity index (χ2v) is 5.18. The minimum Gasteiger partial charge on any atom is -0.504 e. The lowest BCUT2D eigenvalue weighted by atomic mass is 10.2. The Morgan fingerprint density at radius 3 is 1.58 bits per heavy atom. The quantitative estimate of drug-likeness (QED) is 0.499. The number of phenolic OH excluding ortho intramolecular Hbond substituents is 2. The molecule has 0 aliphatic rings. The van der Waals surface area contributed by atoms with Crippen molar-refractivity contribution in [3.63, 3.8) is 0 Å². The van der Waals surface area contributed by atoms with E-state index in [1.807, 2.05) is 36.4 Å². The Labute approximate surface area is 141 Å². The van der Waals surface area contributed by atoms with Crippen LogP contribution >= 0.6 is 0 Å². The molecule has 0 heterocycles. The monoisotopic (exact) mass is 323 g/mol. The summed E-state index contributed by atoms with van der Waals surface area (Å²) in [5, 5.41) is 17.6. The lowest BCUT2D eigenvalue weighted by molar-refractivity contribution is 0.107. The highest BCUT2D eigenvalue weighted by atomic mass is 16.5. The van der Waals surface area contributed by atoms with Crippen molar-refractivity contribution in [3.8, 4) is 11.5 Å². The molecule has 0 spiro atoms. The van der Waals surface area contributed by atoms with Gasteiger partial charge in [0.25, 0.3) is 0 Å². The summed E-state index contributed by atoms with van der Waals surface area (Å²) in [7, 11) is 0. The molecule has 3 rings (SSSR count). The van der Waals surface area contributed by atoms with Gasteiger partial charge < -0.3 is 20.7 Å². The summed E-state index contributed by atoms with van der Waals surface area (Å²) >= 11 is 0. The molecule has 0 aromatic heterocycles. The molecule has 124 valence electrons. The molecule has 0 radical (unpaired) electrons. The van der Waals surface area contributed by atoms with Gasteiger partial charge in [-0.3, -0.25) is 0 Å². The van der Waals surface area contributed by atoms with Crippen LogP contribution in [0.1, 0.15) is 11.1 Å². The van der Waals surface area contributed by atoms with Crippen LogP contribution in [0.2, 0.25) is 0 Å². The van der Waals surface area contributed by atoms with Crippen molar-refractivity contribution in [2.45, 2.75) is 13.2 Å². The average Bonchev–Trinajstić information content (AvgIpc) is 2.62. The molecule has 0 aliphatic carbocycles. The minimum atomic E-state index is -0.252. The van der Waals surface area contributed by atoms with E-state index in [1.54, 1.807) is 6.07 Å². The van der Waals surface area contributed by atoms with Crippen LogP contribution in [0.25, 0.3) is 0 Å². The van der Waals surface area contributed by atoms with E-state index in [1.165, 1.54) is 23.3 Å². The van der Waals surface area contributed by atoms with E-state index in [2.05, 4.69) is 24.3 Å². The van der Waals surface area contributed by atoms with E-state index in [9.17, 15) is 0 Å². The van der Waals surface area contributed by atoms with Gasteiger partial charge in [-0.15, -0.1) is 0 Å². The number of para-hydroxylation sites is 1. The fourth-order valence-electron chi connectivity index (χ4n) is 1.98. The molecule has 0 amide bonds. The molecule has 4 nitrogen and oxygen atoms in total. The first-order chi connectivity index (χ1) is 11.7. The van der Waals surface area contributed by atoms with Gasteiger partial charge >= 0.3 is 0 Å². The number of anilines is 1. The molecule has 3 aromatic rings. The van der Waals surface area contributed by atoms with E-state index in [-0.39, 0.29) is 17.2 Å². The Morgan fingerprint density at radius 1 is 0.667 bits per heavy atom. The van der Waals surface area contributed by atoms with E-state index >= 15 is 0 Å². The van der Waals surface area contributed by atoms with Gasteiger partial charge in [-0.05, 0) is 23.3 Å². The maximum Gasteiger partial charge on any atom is 0.180 e. The molecular weight excluding hydrogens is 302 g/mol. The topological polar surface area (TPSA) is 75.7 Å². The van der Waals surface area contributed by atoms with E-state index in [0.29, 0.717) is 13.2 Å². The predicted molar refractivity (Wildman–Crippen MR) is 95.6 cm³/mol. The lowest BCUT2D eigenvalue weighted by Gasteiger charge is -2.03. The Balaban J connectivity index is 0.000000198. The van der Waals surface area contributed by atoms with Crippen LogP contribution in [0.4, 0.5) is 5.69 Å². The van der Waals surface area contributed by atoms with Crippen molar-refractivity contribution < 1.29 is 14.9 Å². The van der Waals surface area contributed by atoms with Crippen LogP contribution in [-0.4, -0.2) is 10.2 Å². The van der Waals surface area contributed by atoms with Gasteiger partial charge in [-0.25, -0.2) is 0 Å². The summed E-state index contributed by atoms with van der Waals surface area (Å²) in [6.45, 7) is 1.35. The van der Waals surface area contributed by atoms with E-state index in [4.69, 9.17) is 20.7 Å². The highest BCUT2D eigenvalue weighted by Gasteiger charge is 1.99. The summed E-state index contributed by atoms with van der Waals surface area (Å²) in [4.78, 5) is 0. The second-order valence-electron chi connectivity index (χ2n) is 5.18. The predicted octanol–water partition coefficient (Wildman–Crippen LogP) is 4.08. The highest BCUT2D eigenvalue weighted by Crippen LogP contribution is 2.29. The molecule has 0 saturated heterocycles. The zero-order valence-electron chi connectivity index (χ0n) is 13.3. The maximum atomic E-state index is 8.83. The molecule has 24 heavy (non-hydrogen) atoms. The van der Waals surface area contributed by atoms with E-state index < -0.39 is 0 Å². The van der Waals surface area contributed by atoms with E-state index in [0.717, 1.165) is 0 Å². The van der Waals surface area contributed by atoms with Crippen LogP contribution in [0, 0.1) is 0 Å². The molecule has 4 N–H and O–H groups in total. The summed E-state index contributed by atoms with van der Waals surface area (Å²) in [5.41, 5.74) is 7.83.